The quantitative estimate of drug-likeness (QED) is 0.577. The lowest BCUT2D eigenvalue weighted by molar-refractivity contribution is 0.391. The number of oxazole rings is 1. The smallest absolute Gasteiger partial charge is 0.243 e. The van der Waals surface area contributed by atoms with Crippen LogP contribution in [0.1, 0.15) is 36.6 Å². The zero-order chi connectivity index (χ0) is 23.0. The van der Waals surface area contributed by atoms with E-state index in [1.54, 1.807) is 24.3 Å². The van der Waals surface area contributed by atoms with Crippen LogP contribution in [0.2, 0.25) is 0 Å². The molecule has 0 aliphatic carbocycles. The molecule has 3 heterocycles. The fourth-order valence-electron chi connectivity index (χ4n) is 4.53. The third kappa shape index (κ3) is 4.14. The minimum atomic E-state index is -3.61. The molecule has 0 saturated carbocycles. The maximum atomic E-state index is 13.2. The van der Waals surface area contributed by atoms with Gasteiger partial charge in [0.15, 0.2) is 0 Å². The monoisotopic (exact) mass is 462 g/mol. The van der Waals surface area contributed by atoms with Crippen LogP contribution >= 0.6 is 0 Å². The molecule has 0 spiro atoms. The summed E-state index contributed by atoms with van der Waals surface area (Å²) >= 11 is 0. The van der Waals surface area contributed by atoms with Crippen molar-refractivity contribution >= 4 is 15.9 Å². The summed E-state index contributed by atoms with van der Waals surface area (Å²) in [6.07, 6.45) is 2.81. The van der Waals surface area contributed by atoms with E-state index in [-0.39, 0.29) is 10.6 Å². The Morgan fingerprint density at radius 3 is 2.42 bits per heavy atom. The molecule has 170 valence electrons. The molecular weight excluding hydrogens is 436 g/mol. The van der Waals surface area contributed by atoms with Gasteiger partial charge in [-0.3, -0.25) is 0 Å². The number of benzene rings is 2. The standard InChI is InChI=1S/C25H26N4O3S/c1-18-10-13-28(14-11-18)25-23(16-26)27-24(32-25)20-6-8-22(9-7-20)33(30,31)29-15-12-19-4-2-3-5-21(19)17-29/h2-9,18H,10-15,17H2,1H3. The van der Waals surface area contributed by atoms with E-state index >= 15 is 0 Å². The first-order valence-electron chi connectivity index (χ1n) is 11.3. The summed E-state index contributed by atoms with van der Waals surface area (Å²) in [5.74, 6) is 1.50. The molecule has 2 aliphatic rings. The van der Waals surface area contributed by atoms with E-state index in [1.807, 2.05) is 18.2 Å². The molecule has 1 aromatic heterocycles. The fraction of sp³-hybridized carbons (Fsp3) is 0.360. The first-order valence-corrected chi connectivity index (χ1v) is 12.7. The minimum Gasteiger partial charge on any atom is -0.419 e. The molecule has 0 radical (unpaired) electrons. The topological polar surface area (TPSA) is 90.4 Å². The zero-order valence-electron chi connectivity index (χ0n) is 18.6. The molecule has 2 aromatic carbocycles. The van der Waals surface area contributed by atoms with Crippen molar-refractivity contribution in [3.63, 3.8) is 0 Å². The number of aromatic nitrogens is 1. The van der Waals surface area contributed by atoms with Crippen LogP contribution in [-0.2, 0) is 23.0 Å². The van der Waals surface area contributed by atoms with Gasteiger partial charge in [0.25, 0.3) is 0 Å². The third-order valence-electron chi connectivity index (χ3n) is 6.62. The van der Waals surface area contributed by atoms with E-state index in [0.717, 1.165) is 31.5 Å². The summed E-state index contributed by atoms with van der Waals surface area (Å²) in [5, 5.41) is 9.54. The number of fused-ring (bicyclic) bond motifs is 1. The molecule has 33 heavy (non-hydrogen) atoms. The van der Waals surface area contributed by atoms with Gasteiger partial charge in [-0.05, 0) is 60.6 Å². The molecule has 7 nitrogen and oxygen atoms in total. The Morgan fingerprint density at radius 1 is 1.03 bits per heavy atom. The highest BCUT2D eigenvalue weighted by molar-refractivity contribution is 7.89. The summed E-state index contributed by atoms with van der Waals surface area (Å²) in [4.78, 5) is 6.68. The van der Waals surface area contributed by atoms with Gasteiger partial charge < -0.3 is 9.32 Å². The molecule has 5 rings (SSSR count). The lowest BCUT2D eigenvalue weighted by Crippen LogP contribution is -2.35. The van der Waals surface area contributed by atoms with E-state index in [1.165, 1.54) is 9.87 Å². The van der Waals surface area contributed by atoms with Crippen LogP contribution in [0.15, 0.2) is 57.8 Å². The zero-order valence-corrected chi connectivity index (χ0v) is 19.4. The molecule has 2 aliphatic heterocycles. The number of nitriles is 1. The van der Waals surface area contributed by atoms with Crippen LogP contribution in [0.4, 0.5) is 5.88 Å². The Morgan fingerprint density at radius 2 is 1.73 bits per heavy atom. The Bertz CT molecular complexity index is 1300. The summed E-state index contributed by atoms with van der Waals surface area (Å²) < 4.78 is 33.9. The molecule has 0 bridgehead atoms. The Kier molecular flexibility index (Phi) is 5.69. The van der Waals surface area contributed by atoms with Gasteiger partial charge in [-0.15, -0.1) is 0 Å². The maximum absolute atomic E-state index is 13.2. The van der Waals surface area contributed by atoms with Crippen molar-refractivity contribution in [2.75, 3.05) is 24.5 Å². The van der Waals surface area contributed by atoms with Crippen molar-refractivity contribution in [3.05, 3.63) is 65.4 Å². The second-order valence-electron chi connectivity index (χ2n) is 8.84. The van der Waals surface area contributed by atoms with E-state index < -0.39 is 10.0 Å². The van der Waals surface area contributed by atoms with E-state index in [0.29, 0.717) is 42.8 Å². The van der Waals surface area contributed by atoms with Gasteiger partial charge in [0.05, 0.1) is 4.90 Å². The van der Waals surface area contributed by atoms with Gasteiger partial charge in [0, 0.05) is 31.7 Å². The van der Waals surface area contributed by atoms with Crippen molar-refractivity contribution in [2.24, 2.45) is 5.92 Å². The van der Waals surface area contributed by atoms with Gasteiger partial charge in [0.2, 0.25) is 27.5 Å². The van der Waals surface area contributed by atoms with Crippen molar-refractivity contribution in [2.45, 2.75) is 37.6 Å². The lowest BCUT2D eigenvalue weighted by Gasteiger charge is -2.29. The highest BCUT2D eigenvalue weighted by Gasteiger charge is 2.29. The predicted molar refractivity (Wildman–Crippen MR) is 125 cm³/mol. The summed E-state index contributed by atoms with van der Waals surface area (Å²) in [5.41, 5.74) is 3.16. The van der Waals surface area contributed by atoms with Gasteiger partial charge in [-0.25, -0.2) is 8.42 Å². The first kappa shape index (κ1) is 21.7. The van der Waals surface area contributed by atoms with Crippen LogP contribution in [0.3, 0.4) is 0 Å². The average Bonchev–Trinajstić information content (AvgIpc) is 3.29. The van der Waals surface area contributed by atoms with Crippen molar-refractivity contribution in [3.8, 4) is 17.5 Å². The van der Waals surface area contributed by atoms with Crippen LogP contribution in [0.5, 0.6) is 0 Å². The third-order valence-corrected chi connectivity index (χ3v) is 8.48. The minimum absolute atomic E-state index is 0.239. The summed E-state index contributed by atoms with van der Waals surface area (Å²) in [6.45, 7) is 4.74. The number of sulfonamides is 1. The van der Waals surface area contributed by atoms with Gasteiger partial charge >= 0.3 is 0 Å². The van der Waals surface area contributed by atoms with E-state index in [9.17, 15) is 13.7 Å². The first-order chi connectivity index (χ1) is 16.0. The number of nitrogens with zero attached hydrogens (tertiary/aromatic N) is 4. The molecule has 0 atom stereocenters. The molecular formula is C25H26N4O3S. The van der Waals surface area contributed by atoms with Crippen LogP contribution < -0.4 is 4.90 Å². The van der Waals surface area contributed by atoms with Crippen molar-refractivity contribution < 1.29 is 12.8 Å². The Hall–Kier alpha value is -3.15. The fourth-order valence-corrected chi connectivity index (χ4v) is 5.95. The largest absolute Gasteiger partial charge is 0.419 e. The van der Waals surface area contributed by atoms with Gasteiger partial charge in [-0.2, -0.15) is 14.6 Å². The van der Waals surface area contributed by atoms with Gasteiger partial charge in [-0.1, -0.05) is 31.2 Å². The maximum Gasteiger partial charge on any atom is 0.243 e. The highest BCUT2D eigenvalue weighted by Crippen LogP contribution is 2.32. The highest BCUT2D eigenvalue weighted by atomic mass is 32.2. The average molecular weight is 463 g/mol. The van der Waals surface area contributed by atoms with Crippen LogP contribution in [0.25, 0.3) is 11.5 Å². The lowest BCUT2D eigenvalue weighted by atomic mass is 9.99. The number of hydrogen-bond acceptors (Lipinski definition) is 6. The number of rotatable bonds is 4. The number of anilines is 1. The molecule has 3 aromatic rings. The molecule has 1 fully saturated rings. The normalized spacial score (nSPS) is 17.5. The Balaban J connectivity index is 1.37. The second-order valence-corrected chi connectivity index (χ2v) is 10.8. The molecule has 0 unspecified atom stereocenters. The van der Waals surface area contributed by atoms with E-state index in [4.69, 9.17) is 4.42 Å². The van der Waals surface area contributed by atoms with E-state index in [2.05, 4.69) is 28.9 Å². The van der Waals surface area contributed by atoms with Crippen molar-refractivity contribution in [1.82, 2.24) is 9.29 Å². The number of hydrogen-bond donors (Lipinski definition) is 0. The van der Waals surface area contributed by atoms with Crippen LogP contribution in [-0.4, -0.2) is 37.3 Å². The Labute approximate surface area is 194 Å². The van der Waals surface area contributed by atoms with Gasteiger partial charge in [0.1, 0.15) is 6.07 Å². The second kappa shape index (κ2) is 8.65. The number of piperidine rings is 1. The molecule has 0 amide bonds. The summed E-state index contributed by atoms with van der Waals surface area (Å²) in [6, 6.07) is 16.7. The van der Waals surface area contributed by atoms with Crippen molar-refractivity contribution in [1.29, 1.82) is 5.26 Å². The van der Waals surface area contributed by atoms with Crippen LogP contribution in [0, 0.1) is 17.2 Å². The predicted octanol–water partition coefficient (Wildman–Crippen LogP) is 4.20. The molecule has 8 heteroatoms. The summed E-state index contributed by atoms with van der Waals surface area (Å²) in [7, 11) is -3.61. The SMILES string of the molecule is CC1CCN(c2oc(-c3ccc(S(=O)(=O)N4CCc5ccccc5C4)cc3)nc2C#N)CC1. The molecule has 1 saturated heterocycles. The molecule has 0 N–H and O–H groups in total.